The zero-order valence-corrected chi connectivity index (χ0v) is 9.00. The van der Waals surface area contributed by atoms with Gasteiger partial charge in [-0.2, -0.15) is 0 Å². The Bertz CT molecular complexity index is 244. The maximum absolute atomic E-state index is 8.95. The van der Waals surface area contributed by atoms with E-state index in [1.54, 1.807) is 0 Å². The van der Waals surface area contributed by atoms with E-state index in [0.717, 1.165) is 10.9 Å². The zero-order valence-electron chi connectivity index (χ0n) is 7.41. The minimum atomic E-state index is 0.159. The zero-order chi connectivity index (χ0) is 9.68. The summed E-state index contributed by atoms with van der Waals surface area (Å²) in [4.78, 5) is 0. The molecule has 0 aliphatic carbocycles. The molecule has 3 N–H and O–H groups in total. The Balaban J connectivity index is 2.58. The molecule has 3 heteroatoms. The molecule has 72 valence electrons. The highest BCUT2D eigenvalue weighted by atomic mass is 79.9. The van der Waals surface area contributed by atoms with Crippen LogP contribution >= 0.6 is 15.9 Å². The molecule has 1 unspecified atom stereocenters. The molecule has 0 spiro atoms. The normalized spacial score (nSPS) is 12.8. The molecule has 0 aromatic heterocycles. The highest BCUT2D eigenvalue weighted by Gasteiger charge is 2.05. The Morgan fingerprint density at radius 2 is 1.92 bits per heavy atom. The summed E-state index contributed by atoms with van der Waals surface area (Å²) in [7, 11) is 0. The van der Waals surface area contributed by atoms with E-state index < -0.39 is 0 Å². The van der Waals surface area contributed by atoms with Crippen molar-refractivity contribution in [2.45, 2.75) is 6.42 Å². The number of hydrogen-bond acceptors (Lipinski definition) is 2. The third-order valence-corrected chi connectivity index (χ3v) is 2.56. The van der Waals surface area contributed by atoms with Gasteiger partial charge in [0.05, 0.1) is 0 Å². The van der Waals surface area contributed by atoms with Crippen molar-refractivity contribution < 1.29 is 5.11 Å². The maximum atomic E-state index is 8.95. The van der Waals surface area contributed by atoms with Gasteiger partial charge in [0.2, 0.25) is 0 Å². The van der Waals surface area contributed by atoms with Crippen molar-refractivity contribution in [1.82, 2.24) is 0 Å². The van der Waals surface area contributed by atoms with Crippen LogP contribution in [-0.4, -0.2) is 18.3 Å². The van der Waals surface area contributed by atoms with E-state index in [4.69, 9.17) is 10.8 Å². The van der Waals surface area contributed by atoms with Crippen LogP contribution in [-0.2, 0) is 6.42 Å². The van der Waals surface area contributed by atoms with Crippen LogP contribution in [0.5, 0.6) is 0 Å². The van der Waals surface area contributed by atoms with Gasteiger partial charge in [0.15, 0.2) is 0 Å². The van der Waals surface area contributed by atoms with Crippen molar-refractivity contribution in [2.24, 2.45) is 11.7 Å². The molecular formula is C10H14BrNO. The van der Waals surface area contributed by atoms with Gasteiger partial charge in [-0.05, 0) is 36.6 Å². The highest BCUT2D eigenvalue weighted by Crippen LogP contribution is 2.13. The summed E-state index contributed by atoms with van der Waals surface area (Å²) in [6, 6.07) is 8.09. The molecule has 0 fully saturated rings. The van der Waals surface area contributed by atoms with Crippen LogP contribution in [0.3, 0.4) is 0 Å². The third kappa shape index (κ3) is 3.46. The molecule has 0 amide bonds. The van der Waals surface area contributed by atoms with Gasteiger partial charge in [-0.1, -0.05) is 28.1 Å². The fourth-order valence-corrected chi connectivity index (χ4v) is 1.44. The first-order valence-corrected chi connectivity index (χ1v) is 5.11. The minimum absolute atomic E-state index is 0.159. The van der Waals surface area contributed by atoms with Crippen molar-refractivity contribution in [3.8, 4) is 0 Å². The lowest BCUT2D eigenvalue weighted by atomic mass is 10.0. The number of aliphatic hydroxyl groups is 1. The van der Waals surface area contributed by atoms with Crippen LogP contribution in [0.2, 0.25) is 0 Å². The molecule has 0 saturated heterocycles. The number of rotatable bonds is 4. The maximum Gasteiger partial charge on any atom is 0.0474 e. The Labute approximate surface area is 86.9 Å². The van der Waals surface area contributed by atoms with Gasteiger partial charge in [-0.25, -0.2) is 0 Å². The van der Waals surface area contributed by atoms with Gasteiger partial charge in [-0.3, -0.25) is 0 Å². The SMILES string of the molecule is NCC(CO)Cc1ccc(Br)cc1. The molecule has 0 saturated carbocycles. The number of aliphatic hydroxyl groups excluding tert-OH is 1. The van der Waals surface area contributed by atoms with Crippen molar-refractivity contribution in [1.29, 1.82) is 0 Å². The van der Waals surface area contributed by atoms with Crippen molar-refractivity contribution in [3.63, 3.8) is 0 Å². The molecule has 0 aliphatic rings. The monoisotopic (exact) mass is 243 g/mol. The second-order valence-corrected chi connectivity index (χ2v) is 4.03. The molecule has 0 aliphatic heterocycles. The fourth-order valence-electron chi connectivity index (χ4n) is 1.18. The Morgan fingerprint density at radius 3 is 2.38 bits per heavy atom. The van der Waals surface area contributed by atoms with Crippen LogP contribution in [0.15, 0.2) is 28.7 Å². The average Bonchev–Trinajstić information content (AvgIpc) is 2.17. The van der Waals surface area contributed by atoms with E-state index in [0.29, 0.717) is 6.54 Å². The van der Waals surface area contributed by atoms with E-state index >= 15 is 0 Å². The number of nitrogens with two attached hydrogens (primary N) is 1. The van der Waals surface area contributed by atoms with Crippen LogP contribution in [0.1, 0.15) is 5.56 Å². The lowest BCUT2D eigenvalue weighted by molar-refractivity contribution is 0.230. The fraction of sp³-hybridized carbons (Fsp3) is 0.400. The summed E-state index contributed by atoms with van der Waals surface area (Å²) in [6.07, 6.45) is 0.847. The molecule has 0 heterocycles. The molecule has 1 aromatic rings. The molecule has 2 nitrogen and oxygen atoms in total. The Hall–Kier alpha value is -0.380. The Morgan fingerprint density at radius 1 is 1.31 bits per heavy atom. The minimum Gasteiger partial charge on any atom is -0.396 e. The second-order valence-electron chi connectivity index (χ2n) is 3.11. The van der Waals surface area contributed by atoms with Gasteiger partial charge in [0.25, 0.3) is 0 Å². The van der Waals surface area contributed by atoms with Crippen molar-refractivity contribution >= 4 is 15.9 Å². The number of hydrogen-bond donors (Lipinski definition) is 2. The largest absolute Gasteiger partial charge is 0.396 e. The Kier molecular flexibility index (Phi) is 4.42. The first-order valence-electron chi connectivity index (χ1n) is 4.31. The van der Waals surface area contributed by atoms with Crippen LogP contribution < -0.4 is 5.73 Å². The second kappa shape index (κ2) is 5.37. The molecular weight excluding hydrogens is 230 g/mol. The molecule has 13 heavy (non-hydrogen) atoms. The van der Waals surface area contributed by atoms with E-state index in [2.05, 4.69) is 15.9 Å². The lowest BCUT2D eigenvalue weighted by Crippen LogP contribution is -2.20. The summed E-state index contributed by atoms with van der Waals surface area (Å²) < 4.78 is 1.07. The quantitative estimate of drug-likeness (QED) is 0.844. The van der Waals surface area contributed by atoms with Crippen LogP contribution in [0, 0.1) is 5.92 Å². The summed E-state index contributed by atoms with van der Waals surface area (Å²) in [5.74, 6) is 0.182. The molecule has 0 bridgehead atoms. The van der Waals surface area contributed by atoms with Crippen LogP contribution in [0.25, 0.3) is 0 Å². The molecule has 1 atom stereocenters. The molecule has 1 aromatic carbocycles. The predicted molar refractivity (Wildman–Crippen MR) is 57.5 cm³/mol. The third-order valence-electron chi connectivity index (χ3n) is 2.03. The average molecular weight is 244 g/mol. The number of halogens is 1. The summed E-state index contributed by atoms with van der Waals surface area (Å²) in [5.41, 5.74) is 6.71. The van der Waals surface area contributed by atoms with E-state index in [9.17, 15) is 0 Å². The van der Waals surface area contributed by atoms with Crippen molar-refractivity contribution in [3.05, 3.63) is 34.3 Å². The smallest absolute Gasteiger partial charge is 0.0474 e. The molecule has 1 rings (SSSR count). The lowest BCUT2D eigenvalue weighted by Gasteiger charge is -2.10. The first kappa shape index (κ1) is 10.7. The van der Waals surface area contributed by atoms with E-state index in [1.807, 2.05) is 24.3 Å². The molecule has 0 radical (unpaired) electrons. The van der Waals surface area contributed by atoms with Gasteiger partial charge in [0, 0.05) is 11.1 Å². The first-order chi connectivity index (χ1) is 6.26. The van der Waals surface area contributed by atoms with Gasteiger partial charge < -0.3 is 10.8 Å². The summed E-state index contributed by atoms with van der Waals surface area (Å²) in [5, 5.41) is 8.95. The van der Waals surface area contributed by atoms with Gasteiger partial charge in [0.1, 0.15) is 0 Å². The van der Waals surface area contributed by atoms with Gasteiger partial charge in [-0.15, -0.1) is 0 Å². The highest BCUT2D eigenvalue weighted by molar-refractivity contribution is 9.10. The van der Waals surface area contributed by atoms with Crippen molar-refractivity contribution in [2.75, 3.05) is 13.2 Å². The summed E-state index contributed by atoms with van der Waals surface area (Å²) in [6.45, 7) is 0.694. The van der Waals surface area contributed by atoms with Gasteiger partial charge >= 0.3 is 0 Å². The predicted octanol–water partition coefficient (Wildman–Crippen LogP) is 1.56. The van der Waals surface area contributed by atoms with E-state index in [-0.39, 0.29) is 12.5 Å². The van der Waals surface area contributed by atoms with E-state index in [1.165, 1.54) is 5.56 Å². The standard InChI is InChI=1S/C10H14BrNO/c11-10-3-1-8(2-4-10)5-9(6-12)7-13/h1-4,9,13H,5-7,12H2. The van der Waals surface area contributed by atoms with Crippen LogP contribution in [0.4, 0.5) is 0 Å². The topological polar surface area (TPSA) is 46.2 Å². The summed E-state index contributed by atoms with van der Waals surface area (Å²) >= 11 is 3.37. The number of benzene rings is 1.